The first kappa shape index (κ1) is 11.4. The van der Waals surface area contributed by atoms with Crippen LogP contribution < -0.4 is 5.43 Å². The quantitative estimate of drug-likeness (QED) is 0.502. The van der Waals surface area contributed by atoms with Gasteiger partial charge in [0.2, 0.25) is 3.79 Å². The Hall–Kier alpha value is -0.710. The van der Waals surface area contributed by atoms with Gasteiger partial charge < -0.3 is 0 Å². The normalized spacial score (nSPS) is 11.1. The van der Waals surface area contributed by atoms with Crippen molar-refractivity contribution in [1.82, 2.24) is 0 Å². The molecule has 0 heterocycles. The Bertz CT molecular complexity index is 351. The fourth-order valence-corrected chi connectivity index (χ4v) is 1.42. The van der Waals surface area contributed by atoms with Gasteiger partial charge in [-0.25, -0.2) is 10.1 Å². The van der Waals surface area contributed by atoms with Crippen molar-refractivity contribution >= 4 is 40.5 Å². The molecule has 0 fully saturated rings. The molecule has 0 saturated carbocycles. The first-order chi connectivity index (χ1) is 6.41. The minimum atomic E-state index is -1.68. The van der Waals surface area contributed by atoms with Gasteiger partial charge >= 0.3 is 0 Å². The van der Waals surface area contributed by atoms with Gasteiger partial charge in [-0.1, -0.05) is 53.0 Å². The van der Waals surface area contributed by atoms with Crippen LogP contribution in [-0.4, -0.2) is 5.03 Å². The van der Waals surface area contributed by atoms with E-state index in [0.29, 0.717) is 0 Å². The standard InChI is InChI=1S/C7H5Cl3N2O2/c8-7(9,10)5-3-1-2-4-6(5)11-12(13)14/h1-4,11H. The van der Waals surface area contributed by atoms with E-state index in [4.69, 9.17) is 34.8 Å². The molecule has 4 nitrogen and oxygen atoms in total. The van der Waals surface area contributed by atoms with Gasteiger partial charge in [0.05, 0.1) is 0 Å². The number of nitrogens with one attached hydrogen (secondary N) is 1. The summed E-state index contributed by atoms with van der Waals surface area (Å²) in [5.74, 6) is 0. The van der Waals surface area contributed by atoms with Crippen molar-refractivity contribution in [1.29, 1.82) is 0 Å². The maximum Gasteiger partial charge on any atom is 0.218 e. The highest BCUT2D eigenvalue weighted by atomic mass is 35.6. The van der Waals surface area contributed by atoms with Crippen molar-refractivity contribution in [3.8, 4) is 0 Å². The molecule has 1 N–H and O–H groups in total. The molecule has 1 aromatic carbocycles. The van der Waals surface area contributed by atoms with Crippen LogP contribution in [0.1, 0.15) is 5.56 Å². The average Bonchev–Trinajstić information content (AvgIpc) is 2.01. The monoisotopic (exact) mass is 254 g/mol. The predicted octanol–water partition coefficient (Wildman–Crippen LogP) is 3.12. The molecule has 0 aromatic heterocycles. The molecule has 1 aromatic rings. The van der Waals surface area contributed by atoms with E-state index in [9.17, 15) is 10.1 Å². The Morgan fingerprint density at radius 3 is 2.36 bits per heavy atom. The van der Waals surface area contributed by atoms with E-state index in [2.05, 4.69) is 0 Å². The second-order valence-electron chi connectivity index (χ2n) is 2.41. The highest BCUT2D eigenvalue weighted by Crippen LogP contribution is 2.41. The van der Waals surface area contributed by atoms with E-state index < -0.39 is 8.82 Å². The molecule has 1 rings (SSSR count). The fourth-order valence-electron chi connectivity index (χ4n) is 0.926. The summed E-state index contributed by atoms with van der Waals surface area (Å²) < 4.78 is -1.68. The van der Waals surface area contributed by atoms with Gasteiger partial charge in [0.15, 0.2) is 5.03 Å². The van der Waals surface area contributed by atoms with Gasteiger partial charge in [-0.2, -0.15) is 0 Å². The Kier molecular flexibility index (Phi) is 3.42. The number of hydrazine groups is 1. The van der Waals surface area contributed by atoms with Crippen LogP contribution in [0, 0.1) is 10.1 Å². The van der Waals surface area contributed by atoms with Crippen LogP contribution in [0.2, 0.25) is 0 Å². The molecule has 0 aliphatic heterocycles. The lowest BCUT2D eigenvalue weighted by Gasteiger charge is -2.13. The number of nitrogens with zero attached hydrogens (tertiary/aromatic N) is 1. The molecule has 76 valence electrons. The molecule has 7 heteroatoms. The fraction of sp³-hybridized carbons (Fsp3) is 0.143. The summed E-state index contributed by atoms with van der Waals surface area (Å²) in [4.78, 5) is 10.2. The van der Waals surface area contributed by atoms with E-state index in [-0.39, 0.29) is 11.3 Å². The molecule has 0 bridgehead atoms. The van der Waals surface area contributed by atoms with Crippen molar-refractivity contribution in [3.05, 3.63) is 39.9 Å². The molecule has 0 radical (unpaired) electrons. The van der Waals surface area contributed by atoms with Gasteiger partial charge in [0, 0.05) is 5.56 Å². The van der Waals surface area contributed by atoms with Crippen molar-refractivity contribution in [3.63, 3.8) is 0 Å². The Morgan fingerprint density at radius 2 is 1.86 bits per heavy atom. The maximum atomic E-state index is 10.2. The summed E-state index contributed by atoms with van der Waals surface area (Å²) >= 11 is 16.8. The molecule has 0 spiro atoms. The number of benzene rings is 1. The van der Waals surface area contributed by atoms with Crippen LogP contribution in [0.3, 0.4) is 0 Å². The molecule has 0 unspecified atom stereocenters. The first-order valence-corrected chi connectivity index (χ1v) is 4.62. The zero-order chi connectivity index (χ0) is 10.8. The van der Waals surface area contributed by atoms with Crippen molar-refractivity contribution in [2.24, 2.45) is 0 Å². The summed E-state index contributed by atoms with van der Waals surface area (Å²) in [6, 6.07) is 6.19. The largest absolute Gasteiger partial charge is 0.235 e. The SMILES string of the molecule is O=[N+]([O-])Nc1ccccc1C(Cl)(Cl)Cl. The highest BCUT2D eigenvalue weighted by Gasteiger charge is 2.27. The number of para-hydroxylation sites is 1. The number of rotatable bonds is 2. The summed E-state index contributed by atoms with van der Waals surface area (Å²) in [7, 11) is 0. The van der Waals surface area contributed by atoms with Gasteiger partial charge in [0.25, 0.3) is 0 Å². The number of nitro groups is 1. The van der Waals surface area contributed by atoms with Crippen LogP contribution in [-0.2, 0) is 3.79 Å². The third kappa shape index (κ3) is 2.90. The number of halogens is 3. The van der Waals surface area contributed by atoms with E-state index in [1.807, 2.05) is 5.43 Å². The van der Waals surface area contributed by atoms with Gasteiger partial charge in [-0.15, -0.1) is 5.43 Å². The number of alkyl halides is 3. The molecular formula is C7H5Cl3N2O2. The maximum absolute atomic E-state index is 10.2. The lowest BCUT2D eigenvalue weighted by atomic mass is 10.2. The van der Waals surface area contributed by atoms with Crippen LogP contribution in [0.5, 0.6) is 0 Å². The third-order valence-corrected chi connectivity index (χ3v) is 2.06. The van der Waals surface area contributed by atoms with Crippen LogP contribution in [0.15, 0.2) is 24.3 Å². The molecule has 0 aliphatic carbocycles. The zero-order valence-electron chi connectivity index (χ0n) is 6.71. The molecule has 14 heavy (non-hydrogen) atoms. The lowest BCUT2D eigenvalue weighted by molar-refractivity contribution is -0.445. The minimum absolute atomic E-state index is 0.164. The Labute approximate surface area is 94.9 Å². The zero-order valence-corrected chi connectivity index (χ0v) is 8.97. The van der Waals surface area contributed by atoms with Crippen molar-refractivity contribution in [2.45, 2.75) is 3.79 Å². The van der Waals surface area contributed by atoms with E-state index in [1.165, 1.54) is 12.1 Å². The number of hydrogen-bond donors (Lipinski definition) is 1. The number of anilines is 1. The van der Waals surface area contributed by atoms with Crippen LogP contribution in [0.25, 0.3) is 0 Å². The Morgan fingerprint density at radius 1 is 1.29 bits per heavy atom. The summed E-state index contributed by atoms with van der Waals surface area (Å²) in [6.45, 7) is 0. The smallest absolute Gasteiger partial charge is 0.218 e. The van der Waals surface area contributed by atoms with Gasteiger partial charge in [-0.3, -0.25) is 0 Å². The van der Waals surface area contributed by atoms with Gasteiger partial charge in [-0.05, 0) is 6.07 Å². The minimum Gasteiger partial charge on any atom is -0.235 e. The topological polar surface area (TPSA) is 55.2 Å². The molecule has 0 amide bonds. The van der Waals surface area contributed by atoms with Crippen molar-refractivity contribution in [2.75, 3.05) is 5.43 Å². The third-order valence-electron chi connectivity index (χ3n) is 1.44. The predicted molar refractivity (Wildman–Crippen MR) is 56.3 cm³/mol. The molecule has 0 aliphatic rings. The van der Waals surface area contributed by atoms with Crippen LogP contribution >= 0.6 is 34.8 Å². The van der Waals surface area contributed by atoms with E-state index in [0.717, 1.165) is 0 Å². The summed E-state index contributed by atoms with van der Waals surface area (Å²) in [5.41, 5.74) is 2.35. The van der Waals surface area contributed by atoms with Crippen molar-refractivity contribution < 1.29 is 5.03 Å². The van der Waals surface area contributed by atoms with Gasteiger partial charge in [0.1, 0.15) is 5.69 Å². The molecular weight excluding hydrogens is 250 g/mol. The second-order valence-corrected chi connectivity index (χ2v) is 4.69. The Balaban J connectivity index is 3.10. The van der Waals surface area contributed by atoms with Crippen LogP contribution in [0.4, 0.5) is 5.69 Å². The average molecular weight is 255 g/mol. The first-order valence-electron chi connectivity index (χ1n) is 3.48. The highest BCUT2D eigenvalue weighted by molar-refractivity contribution is 6.67. The number of hydrogen-bond acceptors (Lipinski definition) is 2. The lowest BCUT2D eigenvalue weighted by Crippen LogP contribution is -2.12. The van der Waals surface area contributed by atoms with E-state index in [1.54, 1.807) is 12.1 Å². The second kappa shape index (κ2) is 4.21. The van der Waals surface area contributed by atoms with E-state index >= 15 is 0 Å². The molecule has 0 atom stereocenters. The summed E-state index contributed by atoms with van der Waals surface area (Å²) in [5, 5.41) is 9.50. The summed E-state index contributed by atoms with van der Waals surface area (Å²) in [6.07, 6.45) is 0. The molecule has 0 saturated heterocycles.